The van der Waals surface area contributed by atoms with Crippen LogP contribution in [0.1, 0.15) is 5.56 Å². The lowest BCUT2D eigenvalue weighted by molar-refractivity contribution is -0.782. The monoisotopic (exact) mass is 331 g/mol. The van der Waals surface area contributed by atoms with E-state index in [1.807, 2.05) is 0 Å². The molecule has 0 saturated carbocycles. The summed E-state index contributed by atoms with van der Waals surface area (Å²) < 4.78 is 47.2. The Hall–Kier alpha value is -2.55. The Labute approximate surface area is 125 Å². The van der Waals surface area contributed by atoms with E-state index in [-0.39, 0.29) is 32.6 Å². The van der Waals surface area contributed by atoms with E-state index in [9.17, 15) is 18.4 Å². The first-order valence-electron chi connectivity index (χ1n) is 5.74. The van der Waals surface area contributed by atoms with E-state index in [2.05, 4.69) is 14.8 Å². The zero-order chi connectivity index (χ0) is 15.9. The van der Waals surface area contributed by atoms with E-state index in [0.717, 1.165) is 0 Å². The summed E-state index contributed by atoms with van der Waals surface area (Å²) in [4.78, 5) is 3.75. The lowest BCUT2D eigenvalue weighted by Gasteiger charge is -2.09. The summed E-state index contributed by atoms with van der Waals surface area (Å²) >= 11 is 5.73. The molecule has 0 fully saturated rings. The number of fused-ring (bicyclic) bond motifs is 1. The average Bonchev–Trinajstić information content (AvgIpc) is 2.81. The largest absolute Gasteiger partial charge is 0.437 e. The van der Waals surface area contributed by atoms with Gasteiger partial charge in [0.2, 0.25) is 11.4 Å². The van der Waals surface area contributed by atoms with Gasteiger partial charge in [-0.1, -0.05) is 11.6 Å². The van der Waals surface area contributed by atoms with Gasteiger partial charge in [-0.2, -0.15) is 13.2 Å². The maximum Gasteiger partial charge on any atom is 0.417 e. The van der Waals surface area contributed by atoms with Crippen molar-refractivity contribution in [3.05, 3.63) is 46.3 Å². The van der Waals surface area contributed by atoms with Crippen molar-refractivity contribution in [3.8, 4) is 11.6 Å². The Morgan fingerprint density at radius 1 is 1.27 bits per heavy atom. The third-order valence-corrected chi connectivity index (χ3v) is 2.98. The number of nitrogens with zero attached hydrogens (tertiary/aromatic N) is 3. The summed E-state index contributed by atoms with van der Waals surface area (Å²) in [5.74, 6) is -0.0110. The SMILES string of the molecule is [O-][n+]1onc2cc(Oc3ncc(C(F)(F)F)cc3Cl)ccc21. The zero-order valence-corrected chi connectivity index (χ0v) is 11.2. The first-order valence-corrected chi connectivity index (χ1v) is 6.12. The molecule has 0 saturated heterocycles. The van der Waals surface area contributed by atoms with Gasteiger partial charge in [-0.15, -0.1) is 0 Å². The summed E-state index contributed by atoms with van der Waals surface area (Å²) in [6, 6.07) is 4.86. The van der Waals surface area contributed by atoms with Gasteiger partial charge in [-0.3, -0.25) is 4.63 Å². The quantitative estimate of drug-likeness (QED) is 0.673. The van der Waals surface area contributed by atoms with Crippen LogP contribution >= 0.6 is 11.6 Å². The van der Waals surface area contributed by atoms with E-state index < -0.39 is 11.7 Å². The van der Waals surface area contributed by atoms with E-state index in [0.29, 0.717) is 12.3 Å². The lowest BCUT2D eigenvalue weighted by atomic mass is 10.3. The van der Waals surface area contributed by atoms with E-state index >= 15 is 0 Å². The number of hydrogen-bond acceptors (Lipinski definition) is 5. The topological polar surface area (TPSA) is 75.1 Å². The molecule has 0 spiro atoms. The van der Waals surface area contributed by atoms with Gasteiger partial charge >= 0.3 is 6.18 Å². The van der Waals surface area contributed by atoms with Gasteiger partial charge in [0.25, 0.3) is 5.52 Å². The standard InChI is InChI=1S/C12H5ClF3N3O3/c13-8-3-6(12(14,15)16)5-17-11(8)21-7-1-2-10-9(4-7)18-22-19(10)20/h1-5H. The fourth-order valence-corrected chi connectivity index (χ4v) is 1.89. The number of pyridine rings is 1. The summed E-state index contributed by atoms with van der Waals surface area (Å²) in [5, 5.41) is 14.3. The highest BCUT2D eigenvalue weighted by Crippen LogP contribution is 2.34. The molecular formula is C12H5ClF3N3O3. The normalized spacial score (nSPS) is 11.8. The number of rotatable bonds is 2. The van der Waals surface area contributed by atoms with Crippen molar-refractivity contribution in [3.63, 3.8) is 0 Å². The van der Waals surface area contributed by atoms with Gasteiger partial charge in [0.1, 0.15) is 10.8 Å². The van der Waals surface area contributed by atoms with Crippen LogP contribution in [-0.4, -0.2) is 10.1 Å². The molecule has 0 N–H and O–H groups in total. The van der Waals surface area contributed by atoms with Crippen molar-refractivity contribution >= 4 is 22.6 Å². The number of ether oxygens (including phenoxy) is 1. The van der Waals surface area contributed by atoms with Crippen LogP contribution in [0.5, 0.6) is 11.6 Å². The van der Waals surface area contributed by atoms with E-state index in [1.165, 1.54) is 18.2 Å². The summed E-state index contributed by atoms with van der Waals surface area (Å²) in [5.41, 5.74) is -0.585. The molecule has 3 aromatic rings. The van der Waals surface area contributed by atoms with Gasteiger partial charge in [-0.25, -0.2) is 4.98 Å². The Kier molecular flexibility index (Phi) is 3.28. The minimum Gasteiger partial charge on any atom is -0.437 e. The summed E-state index contributed by atoms with van der Waals surface area (Å²) in [7, 11) is 0. The number of aromatic nitrogens is 3. The predicted octanol–water partition coefficient (Wildman–Crippen LogP) is 3.32. The van der Waals surface area contributed by atoms with Gasteiger partial charge in [0, 0.05) is 17.4 Å². The van der Waals surface area contributed by atoms with Crippen molar-refractivity contribution in [1.82, 2.24) is 10.1 Å². The second-order valence-corrected chi connectivity index (χ2v) is 4.60. The number of benzene rings is 1. The molecule has 0 aliphatic rings. The average molecular weight is 332 g/mol. The highest BCUT2D eigenvalue weighted by Gasteiger charge is 2.31. The molecule has 3 rings (SSSR count). The van der Waals surface area contributed by atoms with Crippen LogP contribution in [0, 0.1) is 5.21 Å². The molecule has 0 bridgehead atoms. The van der Waals surface area contributed by atoms with Gasteiger partial charge in [0.05, 0.1) is 5.56 Å². The Morgan fingerprint density at radius 2 is 2.05 bits per heavy atom. The fourth-order valence-electron chi connectivity index (χ4n) is 1.69. The van der Waals surface area contributed by atoms with Crippen LogP contribution in [-0.2, 0) is 6.18 Å². The highest BCUT2D eigenvalue weighted by atomic mass is 35.5. The molecule has 0 aliphatic heterocycles. The molecule has 1 aromatic carbocycles. The van der Waals surface area contributed by atoms with E-state index in [4.69, 9.17) is 16.3 Å². The van der Waals surface area contributed by atoms with Crippen molar-refractivity contribution in [2.75, 3.05) is 0 Å². The molecule has 22 heavy (non-hydrogen) atoms. The minimum absolute atomic E-state index is 0.179. The molecule has 2 heterocycles. The molecule has 0 radical (unpaired) electrons. The van der Waals surface area contributed by atoms with Crippen molar-refractivity contribution < 1.29 is 27.4 Å². The third kappa shape index (κ3) is 2.62. The van der Waals surface area contributed by atoms with Gasteiger partial charge in [0.15, 0.2) is 0 Å². The third-order valence-electron chi connectivity index (χ3n) is 2.71. The van der Waals surface area contributed by atoms with Crippen LogP contribution in [0.4, 0.5) is 13.2 Å². The number of alkyl halides is 3. The van der Waals surface area contributed by atoms with E-state index in [1.54, 1.807) is 0 Å². The molecule has 2 aromatic heterocycles. The summed E-state index contributed by atoms with van der Waals surface area (Å²) in [6.45, 7) is 0. The first-order chi connectivity index (χ1) is 10.3. The maximum atomic E-state index is 12.5. The fraction of sp³-hybridized carbons (Fsp3) is 0.0833. The molecular weight excluding hydrogens is 327 g/mol. The molecule has 6 nitrogen and oxygen atoms in total. The van der Waals surface area contributed by atoms with Crippen LogP contribution in [0.15, 0.2) is 35.1 Å². The van der Waals surface area contributed by atoms with Crippen LogP contribution in [0.2, 0.25) is 5.02 Å². The minimum atomic E-state index is -4.55. The van der Waals surface area contributed by atoms with Crippen molar-refractivity contribution in [2.45, 2.75) is 6.18 Å². The van der Waals surface area contributed by atoms with Crippen LogP contribution in [0.25, 0.3) is 11.0 Å². The summed E-state index contributed by atoms with van der Waals surface area (Å²) in [6.07, 6.45) is -3.93. The molecule has 0 unspecified atom stereocenters. The lowest BCUT2D eigenvalue weighted by Crippen LogP contribution is -2.22. The molecule has 0 aliphatic carbocycles. The molecule has 114 valence electrons. The predicted molar refractivity (Wildman–Crippen MR) is 67.3 cm³/mol. The Bertz CT molecular complexity index is 850. The van der Waals surface area contributed by atoms with Crippen molar-refractivity contribution in [1.29, 1.82) is 0 Å². The smallest absolute Gasteiger partial charge is 0.417 e. The zero-order valence-electron chi connectivity index (χ0n) is 10.5. The van der Waals surface area contributed by atoms with Crippen molar-refractivity contribution in [2.24, 2.45) is 0 Å². The molecule has 0 atom stereocenters. The Balaban J connectivity index is 1.91. The van der Waals surface area contributed by atoms with Crippen LogP contribution in [0.3, 0.4) is 0 Å². The first kappa shape index (κ1) is 14.4. The number of hydrogen-bond donors (Lipinski definition) is 0. The second kappa shape index (κ2) is 5.02. The maximum absolute atomic E-state index is 12.5. The molecule has 10 heteroatoms. The number of halogens is 4. The van der Waals surface area contributed by atoms with Gasteiger partial charge < -0.3 is 9.94 Å². The van der Waals surface area contributed by atoms with Crippen LogP contribution < -0.4 is 9.64 Å². The molecule has 0 amide bonds. The van der Waals surface area contributed by atoms with Gasteiger partial charge in [-0.05, 0) is 23.1 Å². The highest BCUT2D eigenvalue weighted by molar-refractivity contribution is 6.31. The second-order valence-electron chi connectivity index (χ2n) is 4.19. The Morgan fingerprint density at radius 3 is 2.73 bits per heavy atom.